The molecule has 2 N–H and O–H groups in total. The van der Waals surface area contributed by atoms with Gasteiger partial charge in [0.1, 0.15) is 0 Å². The predicted molar refractivity (Wildman–Crippen MR) is 135 cm³/mol. The molecule has 4 rings (SSSR count). The molecule has 0 saturated carbocycles. The average Bonchev–Trinajstić information content (AvgIpc) is 2.77. The minimum atomic E-state index is -0.102. The molecule has 0 atom stereocenters. The van der Waals surface area contributed by atoms with Gasteiger partial charge in [-0.15, -0.1) is 0 Å². The first kappa shape index (κ1) is 21.7. The summed E-state index contributed by atoms with van der Waals surface area (Å²) in [4.78, 5) is 22.1. The number of anilines is 1. The van der Waals surface area contributed by atoms with E-state index in [1.807, 2.05) is 73.5 Å². The van der Waals surface area contributed by atoms with Gasteiger partial charge < -0.3 is 15.2 Å². The number of hydrogen-bond donors (Lipinski definition) is 2. The molecule has 0 aliphatic rings. The number of aromatic nitrogens is 2. The fraction of sp³-hybridized carbons (Fsp3) is 0.192. The van der Waals surface area contributed by atoms with Crippen LogP contribution in [0.5, 0.6) is 0 Å². The Labute approximate surface area is 193 Å². The maximum Gasteiger partial charge on any atom is 0.253 e. The molecule has 2 aromatic carbocycles. The van der Waals surface area contributed by atoms with Crippen LogP contribution in [0.1, 0.15) is 27.8 Å². The van der Waals surface area contributed by atoms with Crippen LogP contribution in [-0.4, -0.2) is 20.0 Å². The first-order chi connectivity index (χ1) is 15.4. The van der Waals surface area contributed by atoms with E-state index in [-0.39, 0.29) is 5.56 Å². The van der Waals surface area contributed by atoms with Crippen molar-refractivity contribution in [2.75, 3.05) is 5.32 Å². The highest BCUT2D eigenvalue weighted by molar-refractivity contribution is 7.80. The lowest BCUT2D eigenvalue weighted by Gasteiger charge is -2.26. The molecule has 2 heterocycles. The number of H-pyrrole nitrogens is 1. The molecule has 0 saturated heterocycles. The summed E-state index contributed by atoms with van der Waals surface area (Å²) in [6, 6.07) is 18.1. The maximum absolute atomic E-state index is 12.9. The van der Waals surface area contributed by atoms with E-state index in [4.69, 9.17) is 12.2 Å². The van der Waals surface area contributed by atoms with E-state index < -0.39 is 0 Å². The Morgan fingerprint density at radius 2 is 1.78 bits per heavy atom. The number of rotatable bonds is 5. The van der Waals surface area contributed by atoms with Crippen molar-refractivity contribution in [3.8, 4) is 0 Å². The maximum atomic E-state index is 12.9. The molecule has 5 nitrogen and oxygen atoms in total. The molecule has 2 aromatic heterocycles. The summed E-state index contributed by atoms with van der Waals surface area (Å²) in [5, 5.41) is 4.88. The Kier molecular flexibility index (Phi) is 6.32. The summed E-state index contributed by atoms with van der Waals surface area (Å²) in [7, 11) is 0. The highest BCUT2D eigenvalue weighted by Gasteiger charge is 2.15. The van der Waals surface area contributed by atoms with E-state index in [0.717, 1.165) is 27.7 Å². The van der Waals surface area contributed by atoms with Gasteiger partial charge in [0.25, 0.3) is 5.56 Å². The highest BCUT2D eigenvalue weighted by atomic mass is 32.1. The van der Waals surface area contributed by atoms with Crippen molar-refractivity contribution in [3.63, 3.8) is 0 Å². The first-order valence-electron chi connectivity index (χ1n) is 10.5. The van der Waals surface area contributed by atoms with Crippen LogP contribution in [0, 0.1) is 20.8 Å². The van der Waals surface area contributed by atoms with Gasteiger partial charge in [0, 0.05) is 35.7 Å². The molecule has 0 spiro atoms. The topological polar surface area (TPSA) is 61.0 Å². The smallest absolute Gasteiger partial charge is 0.253 e. The fourth-order valence-corrected chi connectivity index (χ4v) is 3.84. The summed E-state index contributed by atoms with van der Waals surface area (Å²) in [5.74, 6) is 0. The Hall–Kier alpha value is -3.51. The zero-order valence-corrected chi connectivity index (χ0v) is 19.3. The lowest BCUT2D eigenvalue weighted by atomic mass is 10.0. The number of nitrogens with zero attached hydrogens (tertiary/aromatic N) is 2. The molecule has 0 fully saturated rings. The number of pyridine rings is 2. The Bertz CT molecular complexity index is 1310. The second kappa shape index (κ2) is 9.32. The third-order valence-corrected chi connectivity index (χ3v) is 5.94. The molecule has 0 aliphatic carbocycles. The van der Waals surface area contributed by atoms with Gasteiger partial charge in [-0.3, -0.25) is 9.78 Å². The lowest BCUT2D eigenvalue weighted by Crippen LogP contribution is -2.35. The van der Waals surface area contributed by atoms with Crippen LogP contribution in [0.15, 0.2) is 71.8 Å². The molecule has 0 unspecified atom stereocenters. The van der Waals surface area contributed by atoms with Crippen LogP contribution in [0.2, 0.25) is 0 Å². The SMILES string of the molecule is Cc1ccc(NC(=S)N(Cc2cccnc2)Cc2cc3cc(C)c(C)cc3[nH]c2=O)cc1. The van der Waals surface area contributed by atoms with Gasteiger partial charge in [-0.1, -0.05) is 23.8 Å². The first-order valence-corrected chi connectivity index (χ1v) is 10.9. The monoisotopic (exact) mass is 442 g/mol. The minimum Gasteiger partial charge on any atom is -0.340 e. The van der Waals surface area contributed by atoms with Gasteiger partial charge in [0.15, 0.2) is 5.11 Å². The molecule has 32 heavy (non-hydrogen) atoms. The normalized spacial score (nSPS) is 10.8. The van der Waals surface area contributed by atoms with Crippen molar-refractivity contribution in [1.82, 2.24) is 14.9 Å². The molecular formula is C26H26N4OS. The summed E-state index contributed by atoms with van der Waals surface area (Å²) in [5.41, 5.74) is 6.87. The Morgan fingerprint density at radius 3 is 2.50 bits per heavy atom. The number of aromatic amines is 1. The molecule has 6 heteroatoms. The highest BCUT2D eigenvalue weighted by Crippen LogP contribution is 2.19. The minimum absolute atomic E-state index is 0.102. The van der Waals surface area contributed by atoms with Crippen LogP contribution >= 0.6 is 12.2 Å². The quantitative estimate of drug-likeness (QED) is 0.414. The summed E-state index contributed by atoms with van der Waals surface area (Å²) in [6.07, 6.45) is 3.56. The lowest BCUT2D eigenvalue weighted by molar-refractivity contribution is 0.410. The Balaban J connectivity index is 1.65. The van der Waals surface area contributed by atoms with Gasteiger partial charge in [-0.2, -0.15) is 0 Å². The van der Waals surface area contributed by atoms with Crippen LogP contribution < -0.4 is 10.9 Å². The van der Waals surface area contributed by atoms with Crippen molar-refractivity contribution >= 4 is 33.9 Å². The number of benzene rings is 2. The van der Waals surface area contributed by atoms with Crippen LogP contribution in [0.3, 0.4) is 0 Å². The molecule has 162 valence electrons. The van der Waals surface area contributed by atoms with Gasteiger partial charge in [-0.05, 0) is 91.5 Å². The van der Waals surface area contributed by atoms with E-state index in [1.165, 1.54) is 11.1 Å². The number of thiocarbonyl (C=S) groups is 1. The number of nitrogens with one attached hydrogen (secondary N) is 2. The molecule has 0 aliphatic heterocycles. The summed E-state index contributed by atoms with van der Waals surface area (Å²) in [6.45, 7) is 7.09. The zero-order valence-electron chi connectivity index (χ0n) is 18.5. The second-order valence-electron chi connectivity index (χ2n) is 8.16. The molecule has 0 bridgehead atoms. The average molecular weight is 443 g/mol. The van der Waals surface area contributed by atoms with E-state index in [9.17, 15) is 4.79 Å². The van der Waals surface area contributed by atoms with Crippen LogP contribution in [-0.2, 0) is 13.1 Å². The fourth-order valence-electron chi connectivity index (χ4n) is 3.60. The predicted octanol–water partition coefficient (Wildman–Crippen LogP) is 5.25. The number of hydrogen-bond acceptors (Lipinski definition) is 3. The number of aryl methyl sites for hydroxylation is 3. The van der Waals surface area contributed by atoms with E-state index in [0.29, 0.717) is 23.8 Å². The van der Waals surface area contributed by atoms with Crippen LogP contribution in [0.25, 0.3) is 10.9 Å². The summed E-state index contributed by atoms with van der Waals surface area (Å²) < 4.78 is 0. The Morgan fingerprint density at radius 1 is 1.03 bits per heavy atom. The van der Waals surface area contributed by atoms with Crippen molar-refractivity contribution < 1.29 is 0 Å². The van der Waals surface area contributed by atoms with Crippen molar-refractivity contribution in [2.45, 2.75) is 33.9 Å². The summed E-state index contributed by atoms with van der Waals surface area (Å²) >= 11 is 5.75. The van der Waals surface area contributed by atoms with E-state index in [2.05, 4.69) is 28.3 Å². The van der Waals surface area contributed by atoms with Crippen molar-refractivity contribution in [3.05, 3.63) is 105 Å². The van der Waals surface area contributed by atoms with Gasteiger partial charge >= 0.3 is 0 Å². The van der Waals surface area contributed by atoms with Gasteiger partial charge in [0.2, 0.25) is 0 Å². The molecule has 0 radical (unpaired) electrons. The van der Waals surface area contributed by atoms with E-state index >= 15 is 0 Å². The van der Waals surface area contributed by atoms with Crippen molar-refractivity contribution in [1.29, 1.82) is 0 Å². The second-order valence-corrected chi connectivity index (χ2v) is 8.55. The number of fused-ring (bicyclic) bond motifs is 1. The standard InChI is InChI=1S/C26H26N4OS/c1-17-6-8-23(9-7-17)28-26(32)30(15-20-5-4-10-27-14-20)16-22-13-21-11-18(2)19(3)12-24(21)29-25(22)31/h4-14H,15-16H2,1-3H3,(H,28,32)(H,29,31). The third kappa shape index (κ3) is 5.03. The largest absolute Gasteiger partial charge is 0.340 e. The van der Waals surface area contributed by atoms with E-state index in [1.54, 1.807) is 6.20 Å². The van der Waals surface area contributed by atoms with Crippen molar-refractivity contribution in [2.24, 2.45) is 0 Å². The molecule has 0 amide bonds. The zero-order chi connectivity index (χ0) is 22.7. The molecule has 4 aromatic rings. The molecular weight excluding hydrogens is 416 g/mol. The van der Waals surface area contributed by atoms with Gasteiger partial charge in [0.05, 0.1) is 6.54 Å². The third-order valence-electron chi connectivity index (χ3n) is 5.58. The van der Waals surface area contributed by atoms with Crippen LogP contribution in [0.4, 0.5) is 5.69 Å². The van der Waals surface area contributed by atoms with Gasteiger partial charge in [-0.25, -0.2) is 0 Å².